The number of rotatable bonds is 6. The van der Waals surface area contributed by atoms with E-state index in [1.54, 1.807) is 0 Å². The highest BCUT2D eigenvalue weighted by Crippen LogP contribution is 2.15. The Labute approximate surface area is 158 Å². The van der Waals surface area contributed by atoms with Crippen molar-refractivity contribution in [2.24, 2.45) is 0 Å². The first-order valence-electron chi connectivity index (χ1n) is 8.41. The van der Waals surface area contributed by atoms with Gasteiger partial charge in [-0.3, -0.25) is 9.69 Å². The van der Waals surface area contributed by atoms with E-state index in [1.165, 1.54) is 5.56 Å². The van der Waals surface area contributed by atoms with Gasteiger partial charge in [0.05, 0.1) is 0 Å². The van der Waals surface area contributed by atoms with Gasteiger partial charge < -0.3 is 10.2 Å². The van der Waals surface area contributed by atoms with Crippen molar-refractivity contribution in [1.82, 2.24) is 15.1 Å². The molecule has 1 aromatic rings. The van der Waals surface area contributed by atoms with Crippen molar-refractivity contribution < 1.29 is 4.79 Å². The highest BCUT2D eigenvalue weighted by atomic mass is 35.5. The van der Waals surface area contributed by atoms with E-state index in [9.17, 15) is 4.79 Å². The summed E-state index contributed by atoms with van der Waals surface area (Å²) in [5.41, 5.74) is 1.35. The quantitative estimate of drug-likeness (QED) is 0.776. The lowest BCUT2D eigenvalue weighted by Gasteiger charge is -2.26. The Kier molecular flexibility index (Phi) is 12.1. The van der Waals surface area contributed by atoms with Crippen molar-refractivity contribution in [3.8, 4) is 0 Å². The molecule has 0 bridgehead atoms. The third-order valence-electron chi connectivity index (χ3n) is 4.50. The van der Waals surface area contributed by atoms with Crippen molar-refractivity contribution in [2.45, 2.75) is 38.8 Å². The summed E-state index contributed by atoms with van der Waals surface area (Å²) in [6, 6.07) is 11.1. The average Bonchev–Trinajstić information content (AvgIpc) is 2.71. The Morgan fingerprint density at radius 2 is 1.88 bits per heavy atom. The summed E-state index contributed by atoms with van der Waals surface area (Å²) < 4.78 is 0. The minimum Gasteiger partial charge on any atom is -0.341 e. The van der Waals surface area contributed by atoms with Crippen LogP contribution in [-0.4, -0.2) is 55.0 Å². The zero-order chi connectivity index (χ0) is 15.8. The van der Waals surface area contributed by atoms with Gasteiger partial charge in [-0.05, 0) is 38.9 Å². The number of benzene rings is 1. The van der Waals surface area contributed by atoms with Crippen molar-refractivity contribution in [1.29, 1.82) is 0 Å². The molecule has 1 atom stereocenters. The second kappa shape index (κ2) is 12.5. The van der Waals surface area contributed by atoms with E-state index in [4.69, 9.17) is 0 Å². The van der Waals surface area contributed by atoms with Crippen molar-refractivity contribution in [3.63, 3.8) is 0 Å². The van der Waals surface area contributed by atoms with Crippen LogP contribution in [0.4, 0.5) is 0 Å². The van der Waals surface area contributed by atoms with E-state index in [-0.39, 0.29) is 24.8 Å². The molecular weight excluding hydrogens is 345 g/mol. The van der Waals surface area contributed by atoms with E-state index in [1.807, 2.05) is 7.05 Å². The first-order valence-corrected chi connectivity index (χ1v) is 8.41. The highest BCUT2D eigenvalue weighted by molar-refractivity contribution is 5.85. The highest BCUT2D eigenvalue weighted by Gasteiger charge is 2.23. The maximum atomic E-state index is 12.3. The maximum absolute atomic E-state index is 12.3. The summed E-state index contributed by atoms with van der Waals surface area (Å²) in [7, 11) is 1.93. The molecule has 1 unspecified atom stereocenters. The largest absolute Gasteiger partial charge is 0.341 e. The van der Waals surface area contributed by atoms with Gasteiger partial charge in [0, 0.05) is 38.6 Å². The normalized spacial score (nSPS) is 18.2. The molecule has 6 heteroatoms. The Balaban J connectivity index is 0.00000264. The first-order chi connectivity index (χ1) is 10.7. The standard InChI is InChI=1S/C18H29N3O.2ClH/c1-16-10-12-20(18(22)9-6-11-19-2)13-14-21(16)15-17-7-4-3-5-8-17;;/h3-5,7-8,16,19H,6,9-15H2,1-2H3;2*1H. The summed E-state index contributed by atoms with van der Waals surface area (Å²) in [6.07, 6.45) is 2.65. The lowest BCUT2D eigenvalue weighted by molar-refractivity contribution is -0.131. The number of amides is 1. The summed E-state index contributed by atoms with van der Waals surface area (Å²) in [6.45, 7) is 6.88. The summed E-state index contributed by atoms with van der Waals surface area (Å²) in [5, 5.41) is 3.10. The van der Waals surface area contributed by atoms with Crippen LogP contribution in [0.2, 0.25) is 0 Å². The Bertz CT molecular complexity index is 459. The van der Waals surface area contributed by atoms with Gasteiger partial charge >= 0.3 is 0 Å². The van der Waals surface area contributed by atoms with Gasteiger partial charge in [-0.1, -0.05) is 30.3 Å². The number of carbonyl (C=O) groups is 1. The topological polar surface area (TPSA) is 35.6 Å². The second-order valence-electron chi connectivity index (χ2n) is 6.18. The molecule has 0 radical (unpaired) electrons. The monoisotopic (exact) mass is 375 g/mol. The molecule has 1 N–H and O–H groups in total. The van der Waals surface area contributed by atoms with Crippen molar-refractivity contribution in [3.05, 3.63) is 35.9 Å². The van der Waals surface area contributed by atoms with Gasteiger partial charge in [-0.15, -0.1) is 24.8 Å². The lowest BCUT2D eigenvalue weighted by atomic mass is 10.1. The molecule has 4 nitrogen and oxygen atoms in total. The van der Waals surface area contributed by atoms with Crippen LogP contribution < -0.4 is 5.32 Å². The number of carbonyl (C=O) groups excluding carboxylic acids is 1. The summed E-state index contributed by atoms with van der Waals surface area (Å²) >= 11 is 0. The van der Waals surface area contributed by atoms with E-state index in [2.05, 4.69) is 52.4 Å². The number of hydrogen-bond acceptors (Lipinski definition) is 3. The van der Waals surface area contributed by atoms with Gasteiger partial charge in [-0.2, -0.15) is 0 Å². The molecule has 1 aromatic carbocycles. The van der Waals surface area contributed by atoms with E-state index < -0.39 is 0 Å². The fraction of sp³-hybridized carbons (Fsp3) is 0.611. The molecule has 1 aliphatic heterocycles. The number of nitrogens with one attached hydrogen (secondary N) is 1. The first kappa shape index (κ1) is 23.2. The Hall–Kier alpha value is -0.810. The van der Waals surface area contributed by atoms with Crippen LogP contribution in [0.1, 0.15) is 31.7 Å². The molecule has 24 heavy (non-hydrogen) atoms. The minimum absolute atomic E-state index is 0. The molecule has 0 aliphatic carbocycles. The molecular formula is C18H31Cl2N3O. The third kappa shape index (κ3) is 7.39. The fourth-order valence-electron chi connectivity index (χ4n) is 2.98. The molecule has 138 valence electrons. The van der Waals surface area contributed by atoms with Crippen molar-refractivity contribution >= 4 is 30.7 Å². The molecule has 1 heterocycles. The van der Waals surface area contributed by atoms with Crippen molar-refractivity contribution in [2.75, 3.05) is 33.2 Å². The number of hydrogen-bond donors (Lipinski definition) is 1. The third-order valence-corrected chi connectivity index (χ3v) is 4.50. The van der Waals surface area contributed by atoms with Gasteiger partial charge in [0.2, 0.25) is 5.91 Å². The van der Waals surface area contributed by atoms with Gasteiger partial charge in [-0.25, -0.2) is 0 Å². The van der Waals surface area contributed by atoms with Gasteiger partial charge in [0.1, 0.15) is 0 Å². The lowest BCUT2D eigenvalue weighted by Crippen LogP contribution is -2.36. The van der Waals surface area contributed by atoms with E-state index in [0.717, 1.165) is 45.6 Å². The molecule has 1 aliphatic rings. The molecule has 0 spiro atoms. The molecule has 1 amide bonds. The molecule has 2 rings (SSSR count). The van der Waals surface area contributed by atoms with Crippen LogP contribution in [0.3, 0.4) is 0 Å². The van der Waals surface area contributed by atoms with E-state index in [0.29, 0.717) is 18.4 Å². The van der Waals surface area contributed by atoms with Crippen LogP contribution in [-0.2, 0) is 11.3 Å². The van der Waals surface area contributed by atoms with Crippen LogP contribution in [0.25, 0.3) is 0 Å². The van der Waals surface area contributed by atoms with Gasteiger partial charge in [0.15, 0.2) is 0 Å². The van der Waals surface area contributed by atoms with Crippen LogP contribution in [0.5, 0.6) is 0 Å². The molecule has 0 aromatic heterocycles. The Morgan fingerprint density at radius 1 is 1.17 bits per heavy atom. The molecule has 0 saturated carbocycles. The average molecular weight is 376 g/mol. The summed E-state index contributed by atoms with van der Waals surface area (Å²) in [5.74, 6) is 0.309. The predicted octanol–water partition coefficient (Wildman–Crippen LogP) is 2.95. The number of halogens is 2. The SMILES string of the molecule is CNCCCC(=O)N1CCC(C)N(Cc2ccccc2)CC1.Cl.Cl. The smallest absolute Gasteiger partial charge is 0.222 e. The number of nitrogens with zero attached hydrogens (tertiary/aromatic N) is 2. The van der Waals surface area contributed by atoms with Gasteiger partial charge in [0.25, 0.3) is 0 Å². The second-order valence-corrected chi connectivity index (χ2v) is 6.18. The molecule has 1 fully saturated rings. The minimum atomic E-state index is 0. The predicted molar refractivity (Wildman–Crippen MR) is 105 cm³/mol. The maximum Gasteiger partial charge on any atom is 0.222 e. The zero-order valence-electron chi connectivity index (χ0n) is 14.7. The Morgan fingerprint density at radius 3 is 2.54 bits per heavy atom. The fourth-order valence-corrected chi connectivity index (χ4v) is 2.98. The van der Waals surface area contributed by atoms with Crippen LogP contribution in [0, 0.1) is 0 Å². The van der Waals surface area contributed by atoms with Crippen LogP contribution >= 0.6 is 24.8 Å². The van der Waals surface area contributed by atoms with E-state index >= 15 is 0 Å². The molecule has 1 saturated heterocycles. The van der Waals surface area contributed by atoms with Crippen LogP contribution in [0.15, 0.2) is 30.3 Å². The zero-order valence-corrected chi connectivity index (χ0v) is 16.4. The summed E-state index contributed by atoms with van der Waals surface area (Å²) in [4.78, 5) is 16.8.